The number of rotatable bonds is 5. The number of hydrogen-bond donors (Lipinski definition) is 3. The first-order valence-corrected chi connectivity index (χ1v) is 12.3. The van der Waals surface area contributed by atoms with Gasteiger partial charge in [-0.1, -0.05) is 41.4 Å². The van der Waals surface area contributed by atoms with Crippen LogP contribution in [0.2, 0.25) is 10.0 Å². The van der Waals surface area contributed by atoms with Crippen molar-refractivity contribution in [2.24, 2.45) is 0 Å². The standard InChI is InChI=1S/C23H19Cl2N3O6S/c1-33-17-11-13(26)7-8-18(17)35(31,32)19-10-12(24)9-15-20(19)27-21(29)23(15,28-22(30)34-2)14-5-3-4-6-16(14)25/h3-11H,26H2,1-2H3,(H,27,29)(H,28,30). The first kappa shape index (κ1) is 24.6. The Morgan fingerprint density at radius 2 is 1.74 bits per heavy atom. The molecular weight excluding hydrogens is 517 g/mol. The Balaban J connectivity index is 2.05. The Labute approximate surface area is 211 Å². The van der Waals surface area contributed by atoms with Crippen LogP contribution in [0.1, 0.15) is 11.1 Å². The highest BCUT2D eigenvalue weighted by atomic mass is 35.5. The summed E-state index contributed by atoms with van der Waals surface area (Å²) < 4.78 is 37.5. The first-order valence-electron chi connectivity index (χ1n) is 10.0. The third-order valence-corrected chi connectivity index (χ3v) is 7.93. The summed E-state index contributed by atoms with van der Waals surface area (Å²) >= 11 is 12.8. The summed E-state index contributed by atoms with van der Waals surface area (Å²) in [7, 11) is -1.87. The van der Waals surface area contributed by atoms with Crippen molar-refractivity contribution in [3.8, 4) is 5.75 Å². The SMILES string of the molecule is COC(=O)NC1(c2ccccc2Cl)C(=O)Nc2c1cc(Cl)cc2S(=O)(=O)c1ccc(N)cc1OC. The second-order valence-corrected chi connectivity index (χ2v) is 10.3. The summed E-state index contributed by atoms with van der Waals surface area (Å²) in [6.45, 7) is 0. The zero-order chi connectivity index (χ0) is 25.5. The summed E-state index contributed by atoms with van der Waals surface area (Å²) in [5.74, 6) is -0.748. The van der Waals surface area contributed by atoms with Crippen LogP contribution in [0.15, 0.2) is 64.4 Å². The number of sulfone groups is 1. The van der Waals surface area contributed by atoms with Gasteiger partial charge in [-0.15, -0.1) is 0 Å². The molecule has 3 aromatic rings. The monoisotopic (exact) mass is 535 g/mol. The molecule has 0 aromatic heterocycles. The predicted octanol–water partition coefficient (Wildman–Crippen LogP) is 3.97. The van der Waals surface area contributed by atoms with Crippen LogP contribution in [0.25, 0.3) is 0 Å². The molecule has 1 atom stereocenters. The smallest absolute Gasteiger partial charge is 0.408 e. The molecule has 1 aliphatic rings. The van der Waals surface area contributed by atoms with Crippen LogP contribution in [0.4, 0.5) is 16.2 Å². The number of methoxy groups -OCH3 is 2. The number of nitrogen functional groups attached to an aromatic ring is 1. The lowest BCUT2D eigenvalue weighted by atomic mass is 9.84. The highest BCUT2D eigenvalue weighted by Crippen LogP contribution is 2.48. The number of nitrogens with two attached hydrogens (primary N) is 1. The molecule has 182 valence electrons. The van der Waals surface area contributed by atoms with Crippen molar-refractivity contribution in [2.75, 3.05) is 25.3 Å². The van der Waals surface area contributed by atoms with E-state index in [1.807, 2.05) is 0 Å². The van der Waals surface area contributed by atoms with E-state index in [4.69, 9.17) is 38.4 Å². The zero-order valence-electron chi connectivity index (χ0n) is 18.4. The molecule has 0 bridgehead atoms. The van der Waals surface area contributed by atoms with E-state index < -0.39 is 27.4 Å². The molecule has 1 aliphatic heterocycles. The van der Waals surface area contributed by atoms with Gasteiger partial charge in [0.15, 0.2) is 5.54 Å². The number of alkyl carbamates (subject to hydrolysis) is 1. The molecule has 0 saturated carbocycles. The minimum absolute atomic E-state index is 0.00340. The number of carbonyl (C=O) groups is 2. The van der Waals surface area contributed by atoms with Crippen molar-refractivity contribution in [1.29, 1.82) is 0 Å². The Hall–Kier alpha value is -3.47. The van der Waals surface area contributed by atoms with Gasteiger partial charge in [0, 0.05) is 32.9 Å². The van der Waals surface area contributed by atoms with Crippen LogP contribution >= 0.6 is 23.2 Å². The predicted molar refractivity (Wildman–Crippen MR) is 131 cm³/mol. The van der Waals surface area contributed by atoms with Gasteiger partial charge in [-0.25, -0.2) is 13.2 Å². The number of fused-ring (bicyclic) bond motifs is 1. The van der Waals surface area contributed by atoms with Crippen LogP contribution < -0.4 is 21.1 Å². The molecule has 9 nitrogen and oxygen atoms in total. The van der Waals surface area contributed by atoms with Crippen LogP contribution in [0.5, 0.6) is 5.75 Å². The van der Waals surface area contributed by atoms with Crippen LogP contribution in [-0.4, -0.2) is 34.6 Å². The van der Waals surface area contributed by atoms with E-state index in [-0.39, 0.29) is 42.4 Å². The Kier molecular flexibility index (Phi) is 6.31. The summed E-state index contributed by atoms with van der Waals surface area (Å²) in [4.78, 5) is 25.4. The first-order chi connectivity index (χ1) is 16.6. The number of carbonyl (C=O) groups excluding carboxylic acids is 2. The van der Waals surface area contributed by atoms with Gasteiger partial charge in [-0.05, 0) is 30.3 Å². The number of anilines is 2. The van der Waals surface area contributed by atoms with Gasteiger partial charge < -0.3 is 20.5 Å². The van der Waals surface area contributed by atoms with Gasteiger partial charge >= 0.3 is 6.09 Å². The fourth-order valence-corrected chi connectivity index (χ4v) is 6.16. The van der Waals surface area contributed by atoms with Gasteiger partial charge in [0.2, 0.25) is 9.84 Å². The third-order valence-electron chi connectivity index (χ3n) is 5.57. The summed E-state index contributed by atoms with van der Waals surface area (Å²) in [5, 5.41) is 5.27. The maximum atomic E-state index is 13.8. The maximum absolute atomic E-state index is 13.8. The third kappa shape index (κ3) is 3.93. The van der Waals surface area contributed by atoms with E-state index in [9.17, 15) is 18.0 Å². The minimum Gasteiger partial charge on any atom is -0.495 e. The molecule has 0 fully saturated rings. The molecule has 0 radical (unpaired) electrons. The summed E-state index contributed by atoms with van der Waals surface area (Å²) in [6.07, 6.45) is -0.947. The Morgan fingerprint density at radius 3 is 2.40 bits per heavy atom. The van der Waals surface area contributed by atoms with Crippen molar-refractivity contribution in [1.82, 2.24) is 5.32 Å². The highest BCUT2D eigenvalue weighted by Gasteiger charge is 2.53. The number of hydrogen-bond acceptors (Lipinski definition) is 7. The molecule has 35 heavy (non-hydrogen) atoms. The maximum Gasteiger partial charge on any atom is 0.408 e. The number of ether oxygens (including phenoxy) is 2. The summed E-state index contributed by atoms with van der Waals surface area (Å²) in [6, 6.07) is 13.0. The van der Waals surface area contributed by atoms with Gasteiger partial charge in [0.1, 0.15) is 10.6 Å². The van der Waals surface area contributed by atoms with Crippen LogP contribution in [0, 0.1) is 0 Å². The number of nitrogens with one attached hydrogen (secondary N) is 2. The lowest BCUT2D eigenvalue weighted by Crippen LogP contribution is -2.51. The highest BCUT2D eigenvalue weighted by molar-refractivity contribution is 7.91. The fraction of sp³-hybridized carbons (Fsp3) is 0.130. The van der Waals surface area contributed by atoms with E-state index in [1.54, 1.807) is 12.1 Å². The van der Waals surface area contributed by atoms with E-state index in [2.05, 4.69) is 10.6 Å². The molecule has 3 aromatic carbocycles. The Morgan fingerprint density at radius 1 is 1.03 bits per heavy atom. The molecular formula is C23H19Cl2N3O6S. The van der Waals surface area contributed by atoms with E-state index in [0.29, 0.717) is 5.69 Å². The number of benzene rings is 3. The molecule has 1 unspecified atom stereocenters. The van der Waals surface area contributed by atoms with Crippen molar-refractivity contribution in [3.63, 3.8) is 0 Å². The average Bonchev–Trinajstić information content (AvgIpc) is 3.09. The quantitative estimate of drug-likeness (QED) is 0.420. The number of halogens is 2. The number of amides is 2. The van der Waals surface area contributed by atoms with Crippen LogP contribution in [-0.2, 0) is 24.9 Å². The zero-order valence-corrected chi connectivity index (χ0v) is 20.7. The molecule has 0 spiro atoms. The van der Waals surface area contributed by atoms with Crippen molar-refractivity contribution < 1.29 is 27.5 Å². The normalized spacial score (nSPS) is 16.9. The summed E-state index contributed by atoms with van der Waals surface area (Å²) in [5.41, 5.74) is 4.33. The largest absolute Gasteiger partial charge is 0.495 e. The second kappa shape index (κ2) is 8.95. The molecule has 4 rings (SSSR count). The molecule has 2 amide bonds. The molecule has 12 heteroatoms. The lowest BCUT2D eigenvalue weighted by molar-refractivity contribution is -0.120. The van der Waals surface area contributed by atoms with E-state index >= 15 is 0 Å². The average molecular weight is 536 g/mol. The van der Waals surface area contributed by atoms with Gasteiger partial charge in [0.05, 0.1) is 24.8 Å². The van der Waals surface area contributed by atoms with Gasteiger partial charge in [0.25, 0.3) is 5.91 Å². The van der Waals surface area contributed by atoms with Crippen molar-refractivity contribution in [2.45, 2.75) is 15.3 Å². The molecule has 1 heterocycles. The molecule has 4 N–H and O–H groups in total. The molecule has 0 saturated heterocycles. The van der Waals surface area contributed by atoms with Crippen LogP contribution in [0.3, 0.4) is 0 Å². The fourth-order valence-electron chi connectivity index (χ4n) is 4.00. The topological polar surface area (TPSA) is 137 Å². The minimum atomic E-state index is -4.30. The Bertz CT molecular complexity index is 1480. The van der Waals surface area contributed by atoms with E-state index in [0.717, 1.165) is 7.11 Å². The van der Waals surface area contributed by atoms with Crippen molar-refractivity contribution in [3.05, 3.63) is 75.8 Å². The van der Waals surface area contributed by atoms with Crippen molar-refractivity contribution >= 4 is 56.4 Å². The van der Waals surface area contributed by atoms with Gasteiger partial charge in [-0.3, -0.25) is 10.1 Å². The second-order valence-electron chi connectivity index (χ2n) is 7.54. The molecule has 0 aliphatic carbocycles. The van der Waals surface area contributed by atoms with Gasteiger partial charge in [-0.2, -0.15) is 0 Å². The lowest BCUT2D eigenvalue weighted by Gasteiger charge is -2.29. The van der Waals surface area contributed by atoms with E-state index in [1.165, 1.54) is 49.6 Å².